The summed E-state index contributed by atoms with van der Waals surface area (Å²) < 4.78 is 39.3. The molecular formula is C18H22F3NO2. The zero-order valence-electron chi connectivity index (χ0n) is 13.4. The van der Waals surface area contributed by atoms with Crippen LogP contribution in [-0.2, 0) is 11.0 Å². The molecule has 0 bridgehead atoms. The first-order valence-corrected chi connectivity index (χ1v) is 8.49. The van der Waals surface area contributed by atoms with Gasteiger partial charge in [-0.25, -0.2) is 0 Å². The topological polar surface area (TPSA) is 49.3 Å². The number of halogens is 3. The number of carbonyl (C=O) groups is 1. The van der Waals surface area contributed by atoms with Crippen molar-refractivity contribution in [3.8, 4) is 0 Å². The minimum absolute atomic E-state index is 0.0376. The third kappa shape index (κ3) is 3.58. The predicted octanol–water partition coefficient (Wildman–Crippen LogP) is 3.48. The maximum Gasteiger partial charge on any atom is 0.416 e. The Hall–Kier alpha value is -1.56. The molecule has 1 aromatic rings. The van der Waals surface area contributed by atoms with E-state index >= 15 is 0 Å². The molecule has 2 N–H and O–H groups in total. The summed E-state index contributed by atoms with van der Waals surface area (Å²) in [5, 5.41) is 12.4. The van der Waals surface area contributed by atoms with E-state index in [1.165, 1.54) is 12.1 Å². The highest BCUT2D eigenvalue weighted by Crippen LogP contribution is 2.51. The number of amides is 1. The number of aliphatic hydroxyl groups is 1. The number of alkyl halides is 3. The molecule has 2 fully saturated rings. The Morgan fingerprint density at radius 3 is 2.62 bits per heavy atom. The fraction of sp³-hybridized carbons (Fsp3) is 0.611. The van der Waals surface area contributed by atoms with E-state index < -0.39 is 17.7 Å². The van der Waals surface area contributed by atoms with Crippen molar-refractivity contribution in [2.24, 2.45) is 11.8 Å². The largest absolute Gasteiger partial charge is 0.416 e. The van der Waals surface area contributed by atoms with Gasteiger partial charge in [-0.1, -0.05) is 31.0 Å². The summed E-state index contributed by atoms with van der Waals surface area (Å²) in [6, 6.07) is 5.44. The Bertz CT molecular complexity index is 602. The molecule has 0 spiro atoms. The van der Waals surface area contributed by atoms with Crippen LogP contribution < -0.4 is 5.32 Å². The number of hydrogen-bond acceptors (Lipinski definition) is 2. The molecule has 0 heterocycles. The van der Waals surface area contributed by atoms with E-state index in [2.05, 4.69) is 5.32 Å². The Kier molecular flexibility index (Phi) is 4.85. The third-order valence-corrected chi connectivity index (χ3v) is 5.26. The van der Waals surface area contributed by atoms with Gasteiger partial charge >= 0.3 is 6.18 Å². The second kappa shape index (κ2) is 6.75. The van der Waals surface area contributed by atoms with Crippen LogP contribution in [0.2, 0.25) is 0 Å². The molecule has 0 saturated heterocycles. The van der Waals surface area contributed by atoms with E-state index in [0.717, 1.165) is 31.7 Å². The van der Waals surface area contributed by atoms with Crippen molar-refractivity contribution < 1.29 is 23.1 Å². The molecule has 4 atom stereocenters. The second-order valence-corrected chi connectivity index (χ2v) is 6.88. The first-order chi connectivity index (χ1) is 11.4. The lowest BCUT2D eigenvalue weighted by Crippen LogP contribution is -2.44. The molecule has 1 aromatic carbocycles. The van der Waals surface area contributed by atoms with Crippen LogP contribution in [0.4, 0.5) is 13.2 Å². The molecule has 0 aromatic heterocycles. The monoisotopic (exact) mass is 341 g/mol. The van der Waals surface area contributed by atoms with E-state index in [-0.39, 0.29) is 36.0 Å². The van der Waals surface area contributed by atoms with E-state index in [0.29, 0.717) is 6.42 Å². The molecule has 0 aliphatic heterocycles. The van der Waals surface area contributed by atoms with Gasteiger partial charge in [0, 0.05) is 24.5 Å². The van der Waals surface area contributed by atoms with Crippen molar-refractivity contribution in [2.45, 2.75) is 50.2 Å². The van der Waals surface area contributed by atoms with Crippen LogP contribution in [0, 0.1) is 11.8 Å². The Labute approximate surface area is 139 Å². The van der Waals surface area contributed by atoms with Crippen LogP contribution in [0.25, 0.3) is 0 Å². The summed E-state index contributed by atoms with van der Waals surface area (Å²) in [7, 11) is 0. The van der Waals surface area contributed by atoms with Gasteiger partial charge in [-0.15, -0.1) is 0 Å². The standard InChI is InChI=1S/C18H22F3NO2/c19-18(20,21)15-7-3-2-6-12(15)13-9-14(13)17(24)22-16-8-4-1-5-11(16)10-23/h2-3,6-7,11,13-14,16,23H,1,4-5,8-10H2,(H,22,24). The van der Waals surface area contributed by atoms with Gasteiger partial charge in [-0.2, -0.15) is 13.2 Å². The molecule has 6 heteroatoms. The molecule has 2 aliphatic carbocycles. The van der Waals surface area contributed by atoms with Gasteiger partial charge in [0.15, 0.2) is 0 Å². The van der Waals surface area contributed by atoms with Gasteiger partial charge in [0.2, 0.25) is 5.91 Å². The van der Waals surface area contributed by atoms with Gasteiger partial charge in [0.1, 0.15) is 0 Å². The van der Waals surface area contributed by atoms with Crippen LogP contribution in [0.15, 0.2) is 24.3 Å². The first kappa shape index (κ1) is 17.3. The van der Waals surface area contributed by atoms with Crippen LogP contribution in [0.3, 0.4) is 0 Å². The molecule has 132 valence electrons. The van der Waals surface area contributed by atoms with E-state index in [9.17, 15) is 23.1 Å². The SMILES string of the molecule is O=C(NC1CCCCC1CO)C1CC1c1ccccc1C(F)(F)F. The molecule has 3 rings (SSSR count). The highest BCUT2D eigenvalue weighted by molar-refractivity contribution is 5.83. The van der Waals surface area contributed by atoms with Crippen LogP contribution in [0.5, 0.6) is 0 Å². The van der Waals surface area contributed by atoms with Crippen molar-refractivity contribution in [1.82, 2.24) is 5.32 Å². The molecule has 3 nitrogen and oxygen atoms in total. The maximum atomic E-state index is 13.1. The van der Waals surface area contributed by atoms with Crippen molar-refractivity contribution >= 4 is 5.91 Å². The van der Waals surface area contributed by atoms with E-state index in [4.69, 9.17) is 0 Å². The number of rotatable bonds is 4. The van der Waals surface area contributed by atoms with Gasteiger partial charge in [-0.05, 0) is 36.8 Å². The van der Waals surface area contributed by atoms with E-state index in [1.807, 2.05) is 0 Å². The minimum atomic E-state index is -4.40. The minimum Gasteiger partial charge on any atom is -0.396 e. The number of hydrogen-bond donors (Lipinski definition) is 2. The van der Waals surface area contributed by atoms with Crippen LogP contribution in [0.1, 0.15) is 49.1 Å². The lowest BCUT2D eigenvalue weighted by Gasteiger charge is -2.31. The molecular weight excluding hydrogens is 319 g/mol. The summed E-state index contributed by atoms with van der Waals surface area (Å²) in [5.74, 6) is -0.876. The van der Waals surface area contributed by atoms with Crippen molar-refractivity contribution in [1.29, 1.82) is 0 Å². The molecule has 4 unspecified atom stereocenters. The first-order valence-electron chi connectivity index (χ1n) is 8.49. The fourth-order valence-corrected chi connectivity index (χ4v) is 3.81. The van der Waals surface area contributed by atoms with Gasteiger partial charge in [0.25, 0.3) is 0 Å². The Balaban J connectivity index is 1.66. The van der Waals surface area contributed by atoms with Crippen LogP contribution in [-0.4, -0.2) is 23.7 Å². The third-order valence-electron chi connectivity index (χ3n) is 5.26. The second-order valence-electron chi connectivity index (χ2n) is 6.88. The molecule has 24 heavy (non-hydrogen) atoms. The van der Waals surface area contributed by atoms with Crippen molar-refractivity contribution in [3.63, 3.8) is 0 Å². The molecule has 2 aliphatic rings. The van der Waals surface area contributed by atoms with Gasteiger partial charge in [0.05, 0.1) is 5.56 Å². The predicted molar refractivity (Wildman–Crippen MR) is 83.3 cm³/mol. The summed E-state index contributed by atoms with van der Waals surface area (Å²) in [6.07, 6.45) is -0.185. The summed E-state index contributed by atoms with van der Waals surface area (Å²) in [4.78, 5) is 12.4. The lowest BCUT2D eigenvalue weighted by atomic mass is 9.85. The normalized spacial score (nSPS) is 30.0. The number of nitrogens with one attached hydrogen (secondary N) is 1. The molecule has 1 amide bonds. The van der Waals surface area contributed by atoms with Gasteiger partial charge < -0.3 is 10.4 Å². The number of carbonyl (C=O) groups excluding carboxylic acids is 1. The summed E-state index contributed by atoms with van der Waals surface area (Å²) >= 11 is 0. The molecule has 0 radical (unpaired) electrons. The van der Waals surface area contributed by atoms with Crippen molar-refractivity contribution in [2.75, 3.05) is 6.61 Å². The zero-order chi connectivity index (χ0) is 17.3. The average Bonchev–Trinajstić information content (AvgIpc) is 3.35. The summed E-state index contributed by atoms with van der Waals surface area (Å²) in [5.41, 5.74) is -0.427. The smallest absolute Gasteiger partial charge is 0.396 e. The van der Waals surface area contributed by atoms with Crippen molar-refractivity contribution in [3.05, 3.63) is 35.4 Å². The summed E-state index contributed by atoms with van der Waals surface area (Å²) in [6.45, 7) is 0.0376. The number of aliphatic hydroxyl groups excluding tert-OH is 1. The highest BCUT2D eigenvalue weighted by Gasteiger charge is 2.48. The van der Waals surface area contributed by atoms with Gasteiger partial charge in [-0.3, -0.25) is 4.79 Å². The Morgan fingerprint density at radius 2 is 1.92 bits per heavy atom. The number of benzene rings is 1. The lowest BCUT2D eigenvalue weighted by molar-refractivity contribution is -0.138. The fourth-order valence-electron chi connectivity index (χ4n) is 3.81. The average molecular weight is 341 g/mol. The quantitative estimate of drug-likeness (QED) is 0.881. The Morgan fingerprint density at radius 1 is 1.21 bits per heavy atom. The highest BCUT2D eigenvalue weighted by atomic mass is 19.4. The zero-order valence-corrected chi connectivity index (χ0v) is 13.4. The molecule has 2 saturated carbocycles. The maximum absolute atomic E-state index is 13.1. The van der Waals surface area contributed by atoms with E-state index in [1.54, 1.807) is 6.07 Å². The van der Waals surface area contributed by atoms with Crippen LogP contribution >= 0.6 is 0 Å².